The molecule has 0 radical (unpaired) electrons. The summed E-state index contributed by atoms with van der Waals surface area (Å²) in [4.78, 5) is 22.3. The van der Waals surface area contributed by atoms with Crippen LogP contribution in [0.25, 0.3) is 0 Å². The summed E-state index contributed by atoms with van der Waals surface area (Å²) in [6.45, 7) is 10.3. The molecule has 3 N–H and O–H groups in total. The molecule has 0 spiro atoms. The van der Waals surface area contributed by atoms with E-state index in [0.29, 0.717) is 19.7 Å². The number of hydrogen-bond donors (Lipinski definition) is 3. The van der Waals surface area contributed by atoms with Gasteiger partial charge in [0.15, 0.2) is 0 Å². The topological polar surface area (TPSA) is 116 Å². The number of anilines is 3. The van der Waals surface area contributed by atoms with Crippen LogP contribution in [0.5, 0.6) is 5.75 Å². The molecule has 6 rings (SSSR count). The van der Waals surface area contributed by atoms with Gasteiger partial charge in [0.1, 0.15) is 21.8 Å². The van der Waals surface area contributed by atoms with Gasteiger partial charge in [-0.1, -0.05) is 17.7 Å². The Labute approximate surface area is 266 Å². The molecule has 240 valence electrons. The van der Waals surface area contributed by atoms with Crippen LogP contribution in [0.1, 0.15) is 63.7 Å². The summed E-state index contributed by atoms with van der Waals surface area (Å²) >= 11 is 0. The number of pyridine rings is 1. The first-order valence-electron chi connectivity index (χ1n) is 15.9. The second-order valence-corrected chi connectivity index (χ2v) is 14.9. The van der Waals surface area contributed by atoms with Gasteiger partial charge < -0.3 is 30.5 Å². The van der Waals surface area contributed by atoms with Crippen molar-refractivity contribution in [2.45, 2.75) is 58.8 Å². The van der Waals surface area contributed by atoms with Crippen molar-refractivity contribution in [3.05, 3.63) is 76.1 Å². The third-order valence-electron chi connectivity index (χ3n) is 9.15. The minimum atomic E-state index is -2.98. The van der Waals surface area contributed by atoms with Gasteiger partial charge in [-0.15, -0.1) is 0 Å². The highest BCUT2D eigenvalue weighted by Gasteiger charge is 2.37. The number of ether oxygens (including phenoxy) is 1. The van der Waals surface area contributed by atoms with Crippen LogP contribution in [0.15, 0.2) is 42.6 Å². The van der Waals surface area contributed by atoms with E-state index in [0.717, 1.165) is 89.7 Å². The molecule has 4 heterocycles. The molecule has 1 aromatic heterocycles. The molecule has 1 unspecified atom stereocenters. The number of rotatable bonds is 11. The van der Waals surface area contributed by atoms with Crippen LogP contribution in [0.2, 0.25) is 0 Å². The molecule has 0 aliphatic carbocycles. The highest BCUT2D eigenvalue weighted by atomic mass is 32.2. The van der Waals surface area contributed by atoms with Crippen LogP contribution in [0.4, 0.5) is 17.1 Å². The molecule has 3 aliphatic rings. The third-order valence-corrected chi connectivity index (χ3v) is 10.1. The Bertz CT molecular complexity index is 1690. The number of benzene rings is 2. The van der Waals surface area contributed by atoms with E-state index in [-0.39, 0.29) is 23.9 Å². The predicted molar refractivity (Wildman–Crippen MR) is 179 cm³/mol. The van der Waals surface area contributed by atoms with Crippen molar-refractivity contribution in [2.24, 2.45) is 0 Å². The first kappa shape index (κ1) is 31.2. The number of carbonyl (C=O) groups is 1. The molecule has 0 bridgehead atoms. The van der Waals surface area contributed by atoms with Crippen LogP contribution in [-0.2, 0) is 16.4 Å². The van der Waals surface area contributed by atoms with Gasteiger partial charge in [-0.3, -0.25) is 9.78 Å². The summed E-state index contributed by atoms with van der Waals surface area (Å²) in [6, 6.07) is 12.5. The summed E-state index contributed by atoms with van der Waals surface area (Å²) in [5, 5.41) is 10.8. The van der Waals surface area contributed by atoms with Crippen molar-refractivity contribution < 1.29 is 17.9 Å². The molecule has 2 aromatic carbocycles. The fraction of sp³-hybridized carbons (Fsp3) is 0.471. The zero-order chi connectivity index (χ0) is 31.7. The summed E-state index contributed by atoms with van der Waals surface area (Å²) in [5.41, 5.74) is 9.09. The van der Waals surface area contributed by atoms with Crippen LogP contribution < -0.4 is 20.7 Å². The molecule has 1 saturated heterocycles. The number of piperidine rings is 1. The van der Waals surface area contributed by atoms with Gasteiger partial charge in [-0.05, 0) is 75.4 Å². The van der Waals surface area contributed by atoms with Crippen LogP contribution in [0.3, 0.4) is 0 Å². The monoisotopic (exact) mass is 632 g/mol. The van der Waals surface area contributed by atoms with E-state index in [2.05, 4.69) is 57.9 Å². The average Bonchev–Trinajstić information content (AvgIpc) is 3.55. The second-order valence-electron chi connectivity index (χ2n) is 12.7. The minimum absolute atomic E-state index is 0.0793. The van der Waals surface area contributed by atoms with Crippen molar-refractivity contribution in [2.75, 3.05) is 60.7 Å². The van der Waals surface area contributed by atoms with Crippen molar-refractivity contribution in [1.29, 1.82) is 0 Å². The molecule has 1 amide bonds. The van der Waals surface area contributed by atoms with Gasteiger partial charge in [-0.25, -0.2) is 8.42 Å². The number of carbonyl (C=O) groups excluding carboxylic acids is 1. The van der Waals surface area contributed by atoms with E-state index in [1.54, 1.807) is 0 Å². The number of nitrogens with zero attached hydrogens (tertiary/aromatic N) is 3. The summed E-state index contributed by atoms with van der Waals surface area (Å²) in [7, 11) is -2.98. The molecule has 10 nitrogen and oxygen atoms in total. The second kappa shape index (κ2) is 12.9. The molecule has 45 heavy (non-hydrogen) atoms. The molecular weight excluding hydrogens is 588 g/mol. The molecule has 1 atom stereocenters. The number of aryl methyl sites for hydroxylation is 3. The number of amides is 1. The van der Waals surface area contributed by atoms with Crippen molar-refractivity contribution in [3.8, 4) is 5.75 Å². The van der Waals surface area contributed by atoms with Crippen molar-refractivity contribution >= 4 is 32.8 Å². The molecule has 3 aliphatic heterocycles. The van der Waals surface area contributed by atoms with Crippen molar-refractivity contribution in [1.82, 2.24) is 14.8 Å². The Kier molecular flexibility index (Phi) is 8.92. The Morgan fingerprint density at radius 3 is 2.53 bits per heavy atom. The van der Waals surface area contributed by atoms with E-state index in [9.17, 15) is 13.2 Å². The largest absolute Gasteiger partial charge is 0.493 e. The summed E-state index contributed by atoms with van der Waals surface area (Å²) < 4.78 is 29.1. The molecule has 3 aromatic rings. The minimum Gasteiger partial charge on any atom is -0.493 e. The Hall–Kier alpha value is -3.83. The van der Waals surface area contributed by atoms with Crippen molar-refractivity contribution in [3.63, 3.8) is 0 Å². The maximum absolute atomic E-state index is 13.5. The van der Waals surface area contributed by atoms with Gasteiger partial charge in [0.2, 0.25) is 0 Å². The maximum atomic E-state index is 13.5. The first-order chi connectivity index (χ1) is 21.6. The Morgan fingerprint density at radius 1 is 1.04 bits per heavy atom. The van der Waals surface area contributed by atoms with Crippen LogP contribution >= 0.6 is 0 Å². The lowest BCUT2D eigenvalue weighted by Gasteiger charge is -2.36. The SMILES string of the molecule is Cc1ccc(OCCCNc2ccnc(C)c2C2Nc3cc4c(cc3N2)C(=O)N(C2CCN(CCS(C)(=O)=O)CC2)C4)c(C)c1. The van der Waals surface area contributed by atoms with E-state index in [1.807, 2.05) is 36.2 Å². The number of sulfone groups is 1. The van der Waals surface area contributed by atoms with Gasteiger partial charge in [-0.2, -0.15) is 0 Å². The molecule has 1 fully saturated rings. The Balaban J connectivity index is 1.05. The number of fused-ring (bicyclic) bond motifs is 2. The predicted octanol–water partition coefficient (Wildman–Crippen LogP) is 4.89. The quantitative estimate of drug-likeness (QED) is 0.254. The smallest absolute Gasteiger partial charge is 0.254 e. The Morgan fingerprint density at radius 2 is 1.80 bits per heavy atom. The van der Waals surface area contributed by atoms with E-state index in [4.69, 9.17) is 4.74 Å². The summed E-state index contributed by atoms with van der Waals surface area (Å²) in [5.74, 6) is 1.19. The summed E-state index contributed by atoms with van der Waals surface area (Å²) in [6.07, 6.45) is 5.50. The van der Waals surface area contributed by atoms with Gasteiger partial charge in [0, 0.05) is 73.7 Å². The molecule has 11 heteroatoms. The van der Waals surface area contributed by atoms with E-state index in [1.165, 1.54) is 11.8 Å². The zero-order valence-corrected chi connectivity index (χ0v) is 27.5. The highest BCUT2D eigenvalue weighted by Crippen LogP contribution is 2.42. The van der Waals surface area contributed by atoms with Crippen LogP contribution in [-0.4, -0.2) is 79.9 Å². The lowest BCUT2D eigenvalue weighted by molar-refractivity contribution is 0.0603. The first-order valence-corrected chi connectivity index (χ1v) is 17.9. The fourth-order valence-corrected chi connectivity index (χ4v) is 7.28. The fourth-order valence-electron chi connectivity index (χ4n) is 6.69. The van der Waals surface area contributed by atoms with E-state index < -0.39 is 9.84 Å². The normalized spacial score (nSPS) is 18.4. The third kappa shape index (κ3) is 7.04. The maximum Gasteiger partial charge on any atom is 0.254 e. The molecule has 0 saturated carbocycles. The zero-order valence-electron chi connectivity index (χ0n) is 26.7. The lowest BCUT2D eigenvalue weighted by atomic mass is 10.0. The number of nitrogens with one attached hydrogen (secondary N) is 3. The number of likely N-dealkylation sites (tertiary alicyclic amines) is 1. The van der Waals surface area contributed by atoms with Gasteiger partial charge in [0.25, 0.3) is 5.91 Å². The van der Waals surface area contributed by atoms with Gasteiger partial charge in [0.05, 0.1) is 23.7 Å². The van der Waals surface area contributed by atoms with E-state index >= 15 is 0 Å². The highest BCUT2D eigenvalue weighted by molar-refractivity contribution is 7.90. The molecular formula is C34H44N6O4S. The number of hydrogen-bond acceptors (Lipinski definition) is 9. The number of aromatic nitrogens is 1. The standard InChI is InChI=1S/C34H44N6O4S/c1-22-6-7-31(23(2)18-22)44-16-5-11-36-28-8-12-35-24(3)32(28)33-37-29-19-25-21-40(34(41)27(25)20-30(29)38-33)26-9-13-39(14-10-26)15-17-45(4,42)43/h6-8,12,18-20,26,33,37-38H,5,9-11,13-17,21H2,1-4H3,(H,35,36). The van der Waals surface area contributed by atoms with Crippen LogP contribution in [0, 0.1) is 20.8 Å². The van der Waals surface area contributed by atoms with Gasteiger partial charge >= 0.3 is 0 Å². The lowest BCUT2D eigenvalue weighted by Crippen LogP contribution is -2.45. The average molecular weight is 633 g/mol.